The largest absolute Gasteiger partial charge is 0.486 e. The van der Waals surface area contributed by atoms with Gasteiger partial charge in [0.15, 0.2) is 11.5 Å². The summed E-state index contributed by atoms with van der Waals surface area (Å²) in [4.78, 5) is 19.1. The molecule has 3 aromatic rings. The van der Waals surface area contributed by atoms with Crippen molar-refractivity contribution in [1.82, 2.24) is 4.98 Å². The molecule has 2 aromatic carbocycles. The van der Waals surface area contributed by atoms with Gasteiger partial charge in [0.2, 0.25) is 5.91 Å². The zero-order valence-corrected chi connectivity index (χ0v) is 17.1. The van der Waals surface area contributed by atoms with Gasteiger partial charge in [-0.3, -0.25) is 4.79 Å². The van der Waals surface area contributed by atoms with Gasteiger partial charge in [0.05, 0.1) is 23.7 Å². The molecular weight excluding hydrogens is 404 g/mol. The van der Waals surface area contributed by atoms with Crippen LogP contribution >= 0.6 is 11.6 Å². The molecule has 0 atom stereocenters. The number of benzene rings is 2. The minimum atomic E-state index is -0.204. The summed E-state index contributed by atoms with van der Waals surface area (Å²) < 4.78 is 11.1. The Morgan fingerprint density at radius 1 is 1.20 bits per heavy atom. The van der Waals surface area contributed by atoms with Gasteiger partial charge in [-0.1, -0.05) is 11.6 Å². The molecule has 2 heterocycles. The number of pyridine rings is 1. The van der Waals surface area contributed by atoms with Gasteiger partial charge in [-0.25, -0.2) is 4.98 Å². The fraction of sp³-hybridized carbons (Fsp3) is 0.227. The number of aromatic nitrogens is 1. The van der Waals surface area contributed by atoms with E-state index in [4.69, 9.17) is 21.1 Å². The third-order valence-electron chi connectivity index (χ3n) is 4.74. The minimum Gasteiger partial charge on any atom is -0.486 e. The predicted octanol–water partition coefficient (Wildman–Crippen LogP) is 4.00. The number of hydrogen-bond donors (Lipinski definition) is 1. The van der Waals surface area contributed by atoms with Gasteiger partial charge in [-0.05, 0) is 43.3 Å². The molecule has 30 heavy (non-hydrogen) atoms. The number of halogens is 1. The Balaban J connectivity index is 1.54. The normalized spacial score (nSPS) is 12.3. The van der Waals surface area contributed by atoms with Crippen molar-refractivity contribution in [2.24, 2.45) is 0 Å². The number of carbonyl (C=O) groups excluding carboxylic acids is 1. The summed E-state index contributed by atoms with van der Waals surface area (Å²) in [6, 6.07) is 14.4. The summed E-state index contributed by atoms with van der Waals surface area (Å²) in [7, 11) is 0. The number of ether oxygens (including phenoxy) is 2. The highest BCUT2D eigenvalue weighted by molar-refractivity contribution is 6.31. The van der Waals surface area contributed by atoms with E-state index in [2.05, 4.69) is 16.4 Å². The Hall–Kier alpha value is -3.50. The Labute approximate surface area is 178 Å². The fourth-order valence-electron chi connectivity index (χ4n) is 3.29. The molecule has 8 heteroatoms. The monoisotopic (exact) mass is 422 g/mol. The van der Waals surface area contributed by atoms with E-state index >= 15 is 0 Å². The first kappa shape index (κ1) is 19.8. The van der Waals surface area contributed by atoms with E-state index in [0.717, 1.165) is 0 Å². The molecule has 7 nitrogen and oxygen atoms in total. The molecule has 4 rings (SSSR count). The van der Waals surface area contributed by atoms with Gasteiger partial charge in [0, 0.05) is 28.7 Å². The van der Waals surface area contributed by atoms with Crippen LogP contribution < -0.4 is 19.7 Å². The molecule has 0 saturated carbocycles. The molecule has 0 saturated heterocycles. The van der Waals surface area contributed by atoms with Crippen molar-refractivity contribution in [2.45, 2.75) is 6.92 Å². The lowest BCUT2D eigenvalue weighted by molar-refractivity contribution is -0.115. The average Bonchev–Trinajstić information content (AvgIpc) is 2.76. The van der Waals surface area contributed by atoms with Crippen molar-refractivity contribution in [3.05, 3.63) is 53.1 Å². The number of anilines is 2. The van der Waals surface area contributed by atoms with E-state index in [1.807, 2.05) is 11.8 Å². The smallest absolute Gasteiger partial charge is 0.243 e. The Morgan fingerprint density at radius 2 is 2.00 bits per heavy atom. The summed E-state index contributed by atoms with van der Waals surface area (Å²) in [6.45, 7) is 3.55. The van der Waals surface area contributed by atoms with Gasteiger partial charge >= 0.3 is 0 Å². The summed E-state index contributed by atoms with van der Waals surface area (Å²) in [6.07, 6.45) is 0. The Bertz CT molecular complexity index is 1160. The van der Waals surface area contributed by atoms with E-state index < -0.39 is 0 Å². The second-order valence-corrected chi connectivity index (χ2v) is 7.16. The Morgan fingerprint density at radius 3 is 2.77 bits per heavy atom. The highest BCUT2D eigenvalue weighted by Gasteiger charge is 2.16. The van der Waals surface area contributed by atoms with Crippen LogP contribution in [0.5, 0.6) is 11.5 Å². The van der Waals surface area contributed by atoms with Crippen LogP contribution in [0.2, 0.25) is 5.02 Å². The highest BCUT2D eigenvalue weighted by Crippen LogP contribution is 2.32. The van der Waals surface area contributed by atoms with Crippen LogP contribution in [-0.4, -0.2) is 37.2 Å². The second-order valence-electron chi connectivity index (χ2n) is 6.72. The summed E-state index contributed by atoms with van der Waals surface area (Å²) in [5.74, 6) is 1.63. The molecule has 0 radical (unpaired) electrons. The van der Waals surface area contributed by atoms with Crippen LogP contribution in [-0.2, 0) is 4.79 Å². The topological polar surface area (TPSA) is 87.5 Å². The highest BCUT2D eigenvalue weighted by atomic mass is 35.5. The molecule has 0 spiro atoms. The molecule has 0 bridgehead atoms. The molecule has 152 valence electrons. The maximum atomic E-state index is 12.7. The van der Waals surface area contributed by atoms with Gasteiger partial charge in [0.1, 0.15) is 19.0 Å². The molecular formula is C22H19ClN4O3. The van der Waals surface area contributed by atoms with Crippen LogP contribution in [0.1, 0.15) is 12.5 Å². The minimum absolute atomic E-state index is 0.0852. The molecule has 0 aliphatic carbocycles. The van der Waals surface area contributed by atoms with Crippen molar-refractivity contribution in [3.8, 4) is 17.6 Å². The van der Waals surface area contributed by atoms with Crippen molar-refractivity contribution < 1.29 is 14.3 Å². The van der Waals surface area contributed by atoms with Crippen LogP contribution in [0.3, 0.4) is 0 Å². The molecule has 1 amide bonds. The number of fused-ring (bicyclic) bond motifs is 2. The predicted molar refractivity (Wildman–Crippen MR) is 115 cm³/mol. The second kappa shape index (κ2) is 8.47. The number of nitriles is 1. The Kier molecular flexibility index (Phi) is 5.59. The molecule has 1 aliphatic heterocycles. The van der Waals surface area contributed by atoms with Gasteiger partial charge in [-0.15, -0.1) is 0 Å². The first-order valence-electron chi connectivity index (χ1n) is 9.52. The number of rotatable bonds is 5. The van der Waals surface area contributed by atoms with Gasteiger partial charge in [0.25, 0.3) is 0 Å². The van der Waals surface area contributed by atoms with E-state index in [9.17, 15) is 10.1 Å². The number of nitrogens with one attached hydrogen (secondary N) is 1. The first-order chi connectivity index (χ1) is 14.6. The van der Waals surface area contributed by atoms with Crippen LogP contribution in [0.15, 0.2) is 42.5 Å². The number of amides is 1. The average molecular weight is 423 g/mol. The third-order valence-corrected chi connectivity index (χ3v) is 4.98. The summed E-state index contributed by atoms with van der Waals surface area (Å²) in [5.41, 5.74) is 1.74. The summed E-state index contributed by atoms with van der Waals surface area (Å²) in [5, 5.41) is 13.6. The van der Waals surface area contributed by atoms with Crippen LogP contribution in [0, 0.1) is 11.3 Å². The van der Waals surface area contributed by atoms with E-state index in [-0.39, 0.29) is 12.5 Å². The van der Waals surface area contributed by atoms with Gasteiger partial charge < -0.3 is 19.7 Å². The van der Waals surface area contributed by atoms with Crippen molar-refractivity contribution in [1.29, 1.82) is 5.26 Å². The number of nitrogens with zero attached hydrogens (tertiary/aromatic N) is 3. The molecule has 0 fully saturated rings. The molecule has 0 unspecified atom stereocenters. The zero-order valence-electron chi connectivity index (χ0n) is 16.3. The van der Waals surface area contributed by atoms with Crippen LogP contribution in [0.25, 0.3) is 10.9 Å². The maximum absolute atomic E-state index is 12.7. The molecule has 1 N–H and O–H groups in total. The lowest BCUT2D eigenvalue weighted by Gasteiger charge is -2.23. The van der Waals surface area contributed by atoms with Gasteiger partial charge in [-0.2, -0.15) is 5.26 Å². The fourth-order valence-corrected chi connectivity index (χ4v) is 3.46. The number of carbonyl (C=O) groups is 1. The summed E-state index contributed by atoms with van der Waals surface area (Å²) >= 11 is 6.05. The first-order valence-corrected chi connectivity index (χ1v) is 9.90. The lowest BCUT2D eigenvalue weighted by Crippen LogP contribution is -2.33. The zero-order chi connectivity index (χ0) is 21.1. The maximum Gasteiger partial charge on any atom is 0.243 e. The molecule has 1 aliphatic rings. The van der Waals surface area contributed by atoms with Crippen LogP contribution in [0.4, 0.5) is 11.5 Å². The molecule has 1 aromatic heterocycles. The lowest BCUT2D eigenvalue weighted by atomic mass is 10.1. The van der Waals surface area contributed by atoms with E-state index in [1.165, 1.54) is 0 Å². The SMILES string of the molecule is CCN(CC(=O)Nc1ccc2c(c1)OCCO2)c1cc(C#N)c2cc(Cl)ccc2n1. The van der Waals surface area contributed by atoms with Crippen molar-refractivity contribution in [3.63, 3.8) is 0 Å². The number of likely N-dealkylation sites (N-methyl/N-ethyl adjacent to an activating group) is 1. The standard InChI is InChI=1S/C22H19ClN4O3/c1-2-27(21-9-14(12-24)17-10-15(23)3-5-18(17)26-21)13-22(28)25-16-4-6-19-20(11-16)30-8-7-29-19/h3-6,9-11H,2,7-8,13H2,1H3,(H,25,28). The van der Waals surface area contributed by atoms with Crippen molar-refractivity contribution in [2.75, 3.05) is 36.5 Å². The van der Waals surface area contributed by atoms with E-state index in [1.54, 1.807) is 42.5 Å². The quantitative estimate of drug-likeness (QED) is 0.668. The number of hydrogen-bond acceptors (Lipinski definition) is 6. The third kappa shape index (κ3) is 4.09. The van der Waals surface area contributed by atoms with Crippen molar-refractivity contribution >= 4 is 39.9 Å². The van der Waals surface area contributed by atoms with E-state index in [0.29, 0.717) is 64.3 Å².